The Labute approximate surface area is 216 Å². The van der Waals surface area contributed by atoms with Crippen molar-refractivity contribution < 1.29 is 165 Å². The van der Waals surface area contributed by atoms with Gasteiger partial charge < -0.3 is 29.0 Å². The average Bonchev–Trinajstić information content (AvgIpc) is 1.88. The van der Waals surface area contributed by atoms with E-state index in [2.05, 4.69) is 5.32 Å². The second-order valence-corrected chi connectivity index (χ2v) is 1.85. The maximum atomic E-state index is 9.00. The van der Waals surface area contributed by atoms with Crippen molar-refractivity contribution in [3.63, 3.8) is 0 Å². The topological polar surface area (TPSA) is 101 Å². The zero-order valence-electron chi connectivity index (χ0n) is 16.8. The Morgan fingerprint density at radius 2 is 1.25 bits per heavy atom. The molecule has 0 saturated heterocycles. The van der Waals surface area contributed by atoms with Crippen molar-refractivity contribution in [1.82, 2.24) is 5.32 Å². The molecule has 0 aliphatic carbocycles. The van der Waals surface area contributed by atoms with Gasteiger partial charge in [0.2, 0.25) is 0 Å². The minimum absolute atomic E-state index is 0. The fourth-order valence-electron chi connectivity index (χ4n) is 0.329. The van der Waals surface area contributed by atoms with Crippen LogP contribution >= 0.6 is 0 Å². The summed E-state index contributed by atoms with van der Waals surface area (Å²) >= 11 is 0. The minimum Gasteiger partial charge on any atom is -1.00 e. The van der Waals surface area contributed by atoms with Crippen LogP contribution in [-0.2, 0) is 4.79 Å². The molecule has 0 bridgehead atoms. The predicted molar refractivity (Wildman–Crippen MR) is 49.8 cm³/mol. The Morgan fingerprint density at radius 1 is 1.06 bits per heavy atom. The molecular formula is C6H22N3Na5O2. The maximum absolute atomic E-state index is 9.00. The normalized spacial score (nSPS) is 5.69. The molecule has 10 heteroatoms. The fourth-order valence-corrected chi connectivity index (χ4v) is 0.329. The Bertz CT molecular complexity index is 111. The Balaban J connectivity index is -0.00000000545. The molecule has 16 heavy (non-hydrogen) atoms. The number of hydrogen-bond donors (Lipinski definition) is 4. The van der Waals surface area contributed by atoms with E-state index in [0.29, 0.717) is 13.1 Å². The second-order valence-electron chi connectivity index (χ2n) is 1.85. The molecule has 0 atom stereocenters. The maximum Gasteiger partial charge on any atom is 1.00 e. The second kappa shape index (κ2) is 42.7. The number of aliphatic carboxylic acids is 1. The molecule has 0 heterocycles. The number of carbonyl (C=O) groups is 1. The van der Waals surface area contributed by atoms with Gasteiger partial charge in [0, 0.05) is 33.1 Å². The van der Waals surface area contributed by atoms with Crippen molar-refractivity contribution in [2.24, 2.45) is 11.5 Å². The van der Waals surface area contributed by atoms with E-state index in [4.69, 9.17) is 21.4 Å². The summed E-state index contributed by atoms with van der Waals surface area (Å²) in [5.41, 5.74) is 10.3. The zero-order chi connectivity index (χ0) is 9.11. The van der Waals surface area contributed by atoms with Crippen LogP contribution < -0.4 is 165 Å². The first-order chi connectivity index (χ1) is 5.15. The van der Waals surface area contributed by atoms with Crippen molar-refractivity contribution in [2.45, 2.75) is 6.92 Å². The quantitative estimate of drug-likeness (QED) is 0.303. The molecule has 0 aliphatic heterocycles. The third-order valence-corrected chi connectivity index (χ3v) is 0.642. The summed E-state index contributed by atoms with van der Waals surface area (Å²) in [5, 5.41) is 10.5. The number of carboxylic acid groups (broad SMARTS) is 1. The Hall–Kier alpha value is 4.35. The van der Waals surface area contributed by atoms with Gasteiger partial charge in [-0.3, -0.25) is 4.79 Å². The van der Waals surface area contributed by atoms with Crippen LogP contribution in [0.2, 0.25) is 0 Å². The van der Waals surface area contributed by atoms with E-state index in [9.17, 15) is 0 Å². The third kappa shape index (κ3) is 79.2. The minimum atomic E-state index is -0.833. The summed E-state index contributed by atoms with van der Waals surface area (Å²) in [7, 11) is 0. The van der Waals surface area contributed by atoms with Gasteiger partial charge in [-0.15, -0.1) is 0 Å². The van der Waals surface area contributed by atoms with Crippen LogP contribution in [0.3, 0.4) is 0 Å². The molecule has 6 N–H and O–H groups in total. The van der Waals surface area contributed by atoms with Crippen molar-refractivity contribution in [1.29, 1.82) is 0 Å². The van der Waals surface area contributed by atoms with Gasteiger partial charge in [0.1, 0.15) is 0 Å². The van der Waals surface area contributed by atoms with E-state index in [-0.39, 0.29) is 155 Å². The average molecular weight is 283 g/mol. The molecule has 0 fully saturated rings. The van der Waals surface area contributed by atoms with Crippen LogP contribution in [0.4, 0.5) is 0 Å². The number of carboxylic acids is 1. The molecule has 0 rings (SSSR count). The molecule has 0 unspecified atom stereocenters. The van der Waals surface area contributed by atoms with Crippen LogP contribution in [0.1, 0.15) is 14.1 Å². The van der Waals surface area contributed by atoms with Crippen molar-refractivity contribution in [2.75, 3.05) is 26.2 Å². The molecule has 0 aromatic carbocycles. The first-order valence-electron chi connectivity index (χ1n) is 3.45. The van der Waals surface area contributed by atoms with Gasteiger partial charge in [-0.1, -0.05) is 0 Å². The molecule has 0 aromatic heterocycles. The van der Waals surface area contributed by atoms with E-state index in [0.717, 1.165) is 20.0 Å². The monoisotopic (exact) mass is 283 g/mol. The van der Waals surface area contributed by atoms with Crippen LogP contribution in [-0.4, -0.2) is 37.3 Å². The molecule has 0 saturated carbocycles. The summed E-state index contributed by atoms with van der Waals surface area (Å²) in [6.45, 7) is 4.22. The van der Waals surface area contributed by atoms with Gasteiger partial charge in [-0.25, -0.2) is 0 Å². The molecule has 0 radical (unpaired) electrons. The molecule has 0 aliphatic rings. The van der Waals surface area contributed by atoms with Crippen LogP contribution in [0.15, 0.2) is 0 Å². The van der Waals surface area contributed by atoms with Gasteiger partial charge >= 0.3 is 148 Å². The predicted octanol–water partition coefficient (Wildman–Crippen LogP) is -15.8. The smallest absolute Gasteiger partial charge is 1.00 e. The standard InChI is InChI=1S/C4H13N3.C2H4O2.5Na.5H/c5-1-3-7-4-2-6;1-2(3)4;;;;;;;;;;/h7H,1-6H2;1H3,(H,3,4);;;;;;;;;;/q;;5*+1;5*-1. The summed E-state index contributed by atoms with van der Waals surface area (Å²) in [6.07, 6.45) is 0. The number of nitrogens with two attached hydrogens (primary N) is 2. The number of rotatable bonds is 4. The summed E-state index contributed by atoms with van der Waals surface area (Å²) in [4.78, 5) is 9.00. The summed E-state index contributed by atoms with van der Waals surface area (Å²) < 4.78 is 0. The van der Waals surface area contributed by atoms with E-state index in [1.807, 2.05) is 0 Å². The van der Waals surface area contributed by atoms with Crippen LogP contribution in [0, 0.1) is 0 Å². The molecular weight excluding hydrogens is 261 g/mol. The summed E-state index contributed by atoms with van der Waals surface area (Å²) in [5.74, 6) is -0.833. The summed E-state index contributed by atoms with van der Waals surface area (Å²) in [6, 6.07) is 0. The van der Waals surface area contributed by atoms with Crippen LogP contribution in [0.5, 0.6) is 0 Å². The van der Waals surface area contributed by atoms with Gasteiger partial charge in [-0.2, -0.15) is 0 Å². The molecule has 0 amide bonds. The Kier molecular flexibility index (Phi) is 114. The van der Waals surface area contributed by atoms with E-state index in [1.54, 1.807) is 0 Å². The van der Waals surface area contributed by atoms with Crippen molar-refractivity contribution >= 4 is 5.97 Å². The molecule has 78 valence electrons. The first kappa shape index (κ1) is 42.8. The largest absolute Gasteiger partial charge is 1.00 e. The third-order valence-electron chi connectivity index (χ3n) is 0.642. The number of nitrogens with one attached hydrogen (secondary N) is 1. The van der Waals surface area contributed by atoms with Gasteiger partial charge in [0.05, 0.1) is 0 Å². The van der Waals surface area contributed by atoms with E-state index in [1.165, 1.54) is 0 Å². The van der Waals surface area contributed by atoms with E-state index < -0.39 is 5.97 Å². The molecule has 5 nitrogen and oxygen atoms in total. The van der Waals surface area contributed by atoms with Gasteiger partial charge in [0.25, 0.3) is 5.97 Å². The van der Waals surface area contributed by atoms with E-state index >= 15 is 0 Å². The number of hydrogen-bond acceptors (Lipinski definition) is 4. The molecule has 0 aromatic rings. The Morgan fingerprint density at radius 3 is 1.38 bits per heavy atom. The van der Waals surface area contributed by atoms with Crippen molar-refractivity contribution in [3.05, 3.63) is 0 Å². The van der Waals surface area contributed by atoms with Gasteiger partial charge in [0.15, 0.2) is 0 Å². The molecule has 0 spiro atoms. The zero-order valence-corrected chi connectivity index (χ0v) is 21.8. The SMILES string of the molecule is CC(=O)O.NCCNCCN.[H-].[H-].[H-].[H-].[H-].[Na+].[Na+].[Na+].[Na+].[Na+]. The fraction of sp³-hybridized carbons (Fsp3) is 0.833. The van der Waals surface area contributed by atoms with Crippen molar-refractivity contribution in [3.8, 4) is 0 Å². The van der Waals surface area contributed by atoms with Crippen LogP contribution in [0.25, 0.3) is 0 Å². The van der Waals surface area contributed by atoms with Gasteiger partial charge in [-0.05, 0) is 0 Å². The first-order valence-corrected chi connectivity index (χ1v) is 3.45.